The second-order valence-electron chi connectivity index (χ2n) is 8.13. The van der Waals surface area contributed by atoms with E-state index in [4.69, 9.17) is 4.98 Å². The molecule has 2 unspecified atom stereocenters. The molecule has 2 atom stereocenters. The molecule has 4 aliphatic rings. The number of likely N-dealkylation sites (N-methyl/N-ethyl adjacent to an activating group) is 1. The zero-order valence-corrected chi connectivity index (χ0v) is 17.0. The van der Waals surface area contributed by atoms with E-state index < -0.39 is 0 Å². The Morgan fingerprint density at radius 3 is 2.97 bits per heavy atom. The molecule has 0 saturated carbocycles. The quantitative estimate of drug-likeness (QED) is 0.713. The summed E-state index contributed by atoms with van der Waals surface area (Å²) in [4.78, 5) is 29.6. The van der Waals surface area contributed by atoms with E-state index >= 15 is 0 Å². The van der Waals surface area contributed by atoms with E-state index in [0.717, 1.165) is 52.3 Å². The Hall–Kier alpha value is -2.64. The van der Waals surface area contributed by atoms with Crippen LogP contribution in [-0.2, 0) is 4.79 Å². The van der Waals surface area contributed by atoms with Gasteiger partial charge < -0.3 is 9.80 Å². The number of aromatic nitrogens is 2. The molecular formula is C22H21N5OS. The smallest absolute Gasteiger partial charge is 0.227 e. The van der Waals surface area contributed by atoms with Crippen LogP contribution in [0.25, 0.3) is 5.57 Å². The molecule has 146 valence electrons. The average Bonchev–Trinajstić information content (AvgIpc) is 3.42. The minimum absolute atomic E-state index is 0.588. The number of rotatable bonds is 2. The van der Waals surface area contributed by atoms with Crippen molar-refractivity contribution in [1.29, 1.82) is 0 Å². The molecule has 2 aromatic rings. The SMILES string of the molecule is C=C1C(C=O)=C2Sc3ccccc3N2c2nc(N3CC4CCN(C)C4C3)ncc21. The van der Waals surface area contributed by atoms with Crippen LogP contribution in [0.15, 0.2) is 52.5 Å². The van der Waals surface area contributed by atoms with Crippen LogP contribution < -0.4 is 9.80 Å². The predicted molar refractivity (Wildman–Crippen MR) is 115 cm³/mol. The molecule has 5 heterocycles. The molecule has 0 radical (unpaired) electrons. The molecule has 0 spiro atoms. The van der Waals surface area contributed by atoms with Crippen molar-refractivity contribution in [2.24, 2.45) is 5.92 Å². The minimum Gasteiger partial charge on any atom is -0.339 e. The first-order valence-electron chi connectivity index (χ1n) is 9.94. The van der Waals surface area contributed by atoms with Gasteiger partial charge in [-0.15, -0.1) is 0 Å². The van der Waals surface area contributed by atoms with E-state index in [-0.39, 0.29) is 0 Å². The molecular weight excluding hydrogens is 382 g/mol. The highest BCUT2D eigenvalue weighted by Crippen LogP contribution is 2.55. The molecule has 0 bridgehead atoms. The lowest BCUT2D eigenvalue weighted by Gasteiger charge is -2.30. The maximum Gasteiger partial charge on any atom is 0.227 e. The molecule has 1 aromatic carbocycles. The highest BCUT2D eigenvalue weighted by Gasteiger charge is 2.42. The number of likely N-dealkylation sites (tertiary alicyclic amines) is 1. The Kier molecular flexibility index (Phi) is 3.67. The van der Waals surface area contributed by atoms with Crippen LogP contribution in [0.2, 0.25) is 0 Å². The van der Waals surface area contributed by atoms with Gasteiger partial charge in [0.25, 0.3) is 0 Å². The standard InChI is InChI=1S/C22H21N5OS/c1-13-15-9-23-22(26-10-14-7-8-25(2)18(14)11-26)24-20(15)27-17-5-3-4-6-19(17)29-21(27)16(13)12-28/h3-6,9,12,14,18H,1,7-8,10-11H2,2H3. The number of allylic oxidation sites excluding steroid dienone is 2. The second kappa shape index (κ2) is 6.18. The zero-order valence-electron chi connectivity index (χ0n) is 16.2. The third kappa shape index (κ3) is 2.37. The lowest BCUT2D eigenvalue weighted by Crippen LogP contribution is -2.33. The van der Waals surface area contributed by atoms with Crippen molar-refractivity contribution in [2.75, 3.05) is 36.5 Å². The predicted octanol–water partition coefficient (Wildman–Crippen LogP) is 3.30. The van der Waals surface area contributed by atoms with Crippen LogP contribution in [0.1, 0.15) is 12.0 Å². The van der Waals surface area contributed by atoms with Gasteiger partial charge in [0.15, 0.2) is 12.1 Å². The largest absolute Gasteiger partial charge is 0.339 e. The molecule has 6 nitrogen and oxygen atoms in total. The third-order valence-corrected chi connectivity index (χ3v) is 7.75. The number of fused-ring (bicyclic) bond motifs is 6. The highest BCUT2D eigenvalue weighted by molar-refractivity contribution is 8.03. The number of aldehydes is 1. The Labute approximate surface area is 173 Å². The van der Waals surface area contributed by atoms with Crippen molar-refractivity contribution in [3.05, 3.63) is 53.2 Å². The summed E-state index contributed by atoms with van der Waals surface area (Å²) in [5.41, 5.74) is 3.20. The summed E-state index contributed by atoms with van der Waals surface area (Å²) >= 11 is 1.60. The number of benzene rings is 1. The molecule has 2 saturated heterocycles. The summed E-state index contributed by atoms with van der Waals surface area (Å²) in [6.45, 7) is 7.33. The van der Waals surface area contributed by atoms with Crippen molar-refractivity contribution in [3.8, 4) is 0 Å². The lowest BCUT2D eigenvalue weighted by molar-refractivity contribution is -0.104. The Morgan fingerprint density at radius 1 is 1.28 bits per heavy atom. The van der Waals surface area contributed by atoms with E-state index in [2.05, 4.69) is 45.4 Å². The summed E-state index contributed by atoms with van der Waals surface area (Å²) in [6.07, 6.45) is 3.98. The molecule has 4 aliphatic heterocycles. The number of thioether (sulfide) groups is 1. The lowest BCUT2D eigenvalue weighted by atomic mass is 9.99. The normalized spacial score (nSPS) is 25.2. The Morgan fingerprint density at radius 2 is 2.14 bits per heavy atom. The van der Waals surface area contributed by atoms with E-state index in [1.54, 1.807) is 11.8 Å². The number of para-hydroxylation sites is 1. The first-order chi connectivity index (χ1) is 14.2. The van der Waals surface area contributed by atoms with Gasteiger partial charge in [-0.1, -0.05) is 30.5 Å². The van der Waals surface area contributed by atoms with E-state index in [9.17, 15) is 4.79 Å². The number of nitrogens with zero attached hydrogens (tertiary/aromatic N) is 5. The first kappa shape index (κ1) is 17.2. The average molecular weight is 404 g/mol. The van der Waals surface area contributed by atoms with Gasteiger partial charge in [-0.25, -0.2) is 4.98 Å². The van der Waals surface area contributed by atoms with Gasteiger partial charge in [0.1, 0.15) is 0 Å². The maximum atomic E-state index is 11.9. The Bertz CT molecular complexity index is 1100. The number of hydrogen-bond donors (Lipinski definition) is 0. The van der Waals surface area contributed by atoms with Crippen molar-refractivity contribution in [3.63, 3.8) is 0 Å². The van der Waals surface area contributed by atoms with Crippen LogP contribution >= 0.6 is 11.8 Å². The van der Waals surface area contributed by atoms with Gasteiger partial charge in [-0.05, 0) is 43.6 Å². The van der Waals surface area contributed by atoms with Crippen LogP contribution in [0.4, 0.5) is 17.5 Å². The summed E-state index contributed by atoms with van der Waals surface area (Å²) in [6, 6.07) is 8.78. The summed E-state index contributed by atoms with van der Waals surface area (Å²) in [7, 11) is 2.21. The minimum atomic E-state index is 0.588. The molecule has 2 fully saturated rings. The fraction of sp³-hybridized carbons (Fsp3) is 0.318. The molecule has 6 rings (SSSR count). The highest BCUT2D eigenvalue weighted by atomic mass is 32.2. The van der Waals surface area contributed by atoms with Gasteiger partial charge >= 0.3 is 0 Å². The molecule has 29 heavy (non-hydrogen) atoms. The second-order valence-corrected chi connectivity index (χ2v) is 9.16. The maximum absolute atomic E-state index is 11.9. The van der Waals surface area contributed by atoms with Crippen molar-refractivity contribution in [1.82, 2.24) is 14.9 Å². The van der Waals surface area contributed by atoms with Gasteiger partial charge in [-0.3, -0.25) is 9.69 Å². The summed E-state index contributed by atoms with van der Waals surface area (Å²) < 4.78 is 0. The van der Waals surface area contributed by atoms with Crippen LogP contribution in [0.5, 0.6) is 0 Å². The van der Waals surface area contributed by atoms with Crippen molar-refractivity contribution in [2.45, 2.75) is 17.4 Å². The van der Waals surface area contributed by atoms with Crippen LogP contribution in [-0.4, -0.2) is 53.9 Å². The van der Waals surface area contributed by atoms with E-state index in [1.807, 2.05) is 18.3 Å². The number of anilines is 3. The fourth-order valence-corrected chi connectivity index (χ4v) is 6.18. The van der Waals surface area contributed by atoms with Gasteiger partial charge in [0.2, 0.25) is 5.95 Å². The molecule has 7 heteroatoms. The van der Waals surface area contributed by atoms with Crippen molar-refractivity contribution >= 4 is 41.1 Å². The number of carbonyl (C=O) groups excluding carboxylic acids is 1. The summed E-state index contributed by atoms with van der Waals surface area (Å²) in [5, 5.41) is 0.890. The van der Waals surface area contributed by atoms with Gasteiger partial charge in [-0.2, -0.15) is 4.98 Å². The zero-order chi connectivity index (χ0) is 19.7. The van der Waals surface area contributed by atoms with Gasteiger partial charge in [0.05, 0.1) is 16.3 Å². The number of carbonyl (C=O) groups is 1. The monoisotopic (exact) mass is 403 g/mol. The van der Waals surface area contributed by atoms with E-state index in [1.165, 1.54) is 13.0 Å². The van der Waals surface area contributed by atoms with Crippen LogP contribution in [0, 0.1) is 5.92 Å². The van der Waals surface area contributed by atoms with E-state index in [0.29, 0.717) is 23.1 Å². The van der Waals surface area contributed by atoms with Gasteiger partial charge in [0, 0.05) is 35.8 Å². The topological polar surface area (TPSA) is 52.6 Å². The summed E-state index contributed by atoms with van der Waals surface area (Å²) in [5.74, 6) is 2.28. The molecule has 0 amide bonds. The molecule has 0 aliphatic carbocycles. The number of hydrogen-bond acceptors (Lipinski definition) is 7. The van der Waals surface area contributed by atoms with Crippen LogP contribution in [0.3, 0.4) is 0 Å². The Balaban J connectivity index is 1.45. The third-order valence-electron chi connectivity index (χ3n) is 6.59. The molecule has 0 N–H and O–H groups in total. The fourth-order valence-electron chi connectivity index (χ4n) is 5.00. The molecule has 1 aromatic heterocycles. The van der Waals surface area contributed by atoms with Crippen molar-refractivity contribution < 1.29 is 4.79 Å². The first-order valence-corrected chi connectivity index (χ1v) is 10.8.